The average Bonchev–Trinajstić information content (AvgIpc) is 2.41. The van der Waals surface area contributed by atoms with Crippen molar-refractivity contribution >= 4 is 5.69 Å². The lowest BCUT2D eigenvalue weighted by Crippen LogP contribution is -2.28. The number of benzene rings is 1. The zero-order chi connectivity index (χ0) is 13.3. The third-order valence-corrected chi connectivity index (χ3v) is 4.60. The van der Waals surface area contributed by atoms with Crippen LogP contribution in [0.2, 0.25) is 0 Å². The van der Waals surface area contributed by atoms with Gasteiger partial charge < -0.3 is 10.1 Å². The van der Waals surface area contributed by atoms with E-state index in [1.807, 2.05) is 0 Å². The summed E-state index contributed by atoms with van der Waals surface area (Å²) in [4.78, 5) is 0. The molecule has 3 rings (SSSR count). The van der Waals surface area contributed by atoms with Gasteiger partial charge in [-0.3, -0.25) is 0 Å². The Hall–Kier alpha value is -1.18. The molecule has 0 bridgehead atoms. The second-order valence-corrected chi connectivity index (χ2v) is 6.83. The Morgan fingerprint density at radius 1 is 1.21 bits per heavy atom. The van der Waals surface area contributed by atoms with E-state index in [1.54, 1.807) is 0 Å². The van der Waals surface area contributed by atoms with E-state index in [1.165, 1.54) is 49.8 Å². The quantitative estimate of drug-likeness (QED) is 0.850. The minimum Gasteiger partial charge on any atom is -0.490 e. The molecule has 1 aliphatic carbocycles. The molecule has 1 fully saturated rings. The molecule has 0 saturated heterocycles. The molecule has 0 spiro atoms. The smallest absolute Gasteiger partial charge is 0.120 e. The van der Waals surface area contributed by atoms with Gasteiger partial charge in [0.2, 0.25) is 0 Å². The third kappa shape index (κ3) is 3.05. The van der Waals surface area contributed by atoms with E-state index in [4.69, 9.17) is 4.74 Å². The molecule has 1 aliphatic heterocycles. The molecule has 0 aromatic heterocycles. The van der Waals surface area contributed by atoms with Crippen LogP contribution in [0.4, 0.5) is 5.69 Å². The highest BCUT2D eigenvalue weighted by Crippen LogP contribution is 2.37. The summed E-state index contributed by atoms with van der Waals surface area (Å²) in [5.74, 6) is 1.06. The highest BCUT2D eigenvalue weighted by Gasteiger charge is 2.27. The van der Waals surface area contributed by atoms with E-state index in [9.17, 15) is 0 Å². The average molecular weight is 259 g/mol. The summed E-state index contributed by atoms with van der Waals surface area (Å²) in [6, 6.07) is 6.54. The van der Waals surface area contributed by atoms with Crippen LogP contribution in [-0.4, -0.2) is 12.6 Å². The lowest BCUT2D eigenvalue weighted by atomic mass is 9.76. The van der Waals surface area contributed by atoms with Crippen molar-refractivity contribution in [1.29, 1.82) is 0 Å². The van der Waals surface area contributed by atoms with Crippen molar-refractivity contribution in [3.63, 3.8) is 0 Å². The van der Waals surface area contributed by atoms with Crippen molar-refractivity contribution < 1.29 is 4.74 Å². The number of hydrogen-bond donors (Lipinski definition) is 1. The van der Waals surface area contributed by atoms with Gasteiger partial charge in [-0.05, 0) is 67.7 Å². The maximum absolute atomic E-state index is 6.19. The van der Waals surface area contributed by atoms with Gasteiger partial charge in [-0.1, -0.05) is 13.8 Å². The Labute approximate surface area is 116 Å². The molecule has 1 heterocycles. The second-order valence-electron chi connectivity index (χ2n) is 6.83. The highest BCUT2D eigenvalue weighted by molar-refractivity contribution is 5.55. The standard InChI is InChI=1S/C17H25NO/c1-17(2)9-7-14(8-10-17)19-15-5-6-16-13(12-15)4-3-11-18-16/h5-6,12,14,18H,3-4,7-11H2,1-2H3. The minimum absolute atomic E-state index is 0.419. The zero-order valence-electron chi connectivity index (χ0n) is 12.2. The number of ether oxygens (including phenoxy) is 1. The Morgan fingerprint density at radius 2 is 2.00 bits per heavy atom. The second kappa shape index (κ2) is 5.07. The van der Waals surface area contributed by atoms with E-state index < -0.39 is 0 Å². The lowest BCUT2D eigenvalue weighted by molar-refractivity contribution is 0.0987. The monoisotopic (exact) mass is 259 g/mol. The number of hydrogen-bond acceptors (Lipinski definition) is 2. The summed E-state index contributed by atoms with van der Waals surface area (Å²) in [5.41, 5.74) is 3.22. The van der Waals surface area contributed by atoms with Crippen LogP contribution in [0.3, 0.4) is 0 Å². The largest absolute Gasteiger partial charge is 0.490 e. The van der Waals surface area contributed by atoms with Gasteiger partial charge in [0.1, 0.15) is 5.75 Å². The van der Waals surface area contributed by atoms with Crippen molar-refractivity contribution in [3.05, 3.63) is 23.8 Å². The zero-order valence-corrected chi connectivity index (χ0v) is 12.2. The topological polar surface area (TPSA) is 21.3 Å². The fourth-order valence-electron chi connectivity index (χ4n) is 3.21. The molecule has 2 aliphatic rings. The van der Waals surface area contributed by atoms with Gasteiger partial charge in [-0.15, -0.1) is 0 Å². The molecule has 19 heavy (non-hydrogen) atoms. The van der Waals surface area contributed by atoms with Gasteiger partial charge in [0.25, 0.3) is 0 Å². The number of aryl methyl sites for hydroxylation is 1. The molecular weight excluding hydrogens is 234 g/mol. The summed E-state index contributed by atoms with van der Waals surface area (Å²) >= 11 is 0. The van der Waals surface area contributed by atoms with E-state index in [0.717, 1.165) is 12.3 Å². The van der Waals surface area contributed by atoms with Crippen LogP contribution in [0.5, 0.6) is 5.75 Å². The predicted octanol–water partition coefficient (Wildman–Crippen LogP) is 4.39. The van der Waals surface area contributed by atoms with Crippen LogP contribution in [0.1, 0.15) is 51.5 Å². The Bertz CT molecular complexity index is 443. The summed E-state index contributed by atoms with van der Waals surface area (Å²) in [6.45, 7) is 5.84. The molecule has 1 saturated carbocycles. The Morgan fingerprint density at radius 3 is 2.79 bits per heavy atom. The fraction of sp³-hybridized carbons (Fsp3) is 0.647. The highest BCUT2D eigenvalue weighted by atomic mass is 16.5. The number of nitrogens with one attached hydrogen (secondary N) is 1. The first-order valence-electron chi connectivity index (χ1n) is 7.66. The van der Waals surface area contributed by atoms with Crippen LogP contribution in [0, 0.1) is 5.41 Å². The van der Waals surface area contributed by atoms with Gasteiger partial charge in [-0.25, -0.2) is 0 Å². The number of anilines is 1. The first-order chi connectivity index (χ1) is 9.12. The fourth-order valence-corrected chi connectivity index (χ4v) is 3.21. The summed E-state index contributed by atoms with van der Waals surface area (Å²) in [6.07, 6.45) is 7.78. The number of rotatable bonds is 2. The van der Waals surface area contributed by atoms with Gasteiger partial charge in [-0.2, -0.15) is 0 Å². The molecule has 2 heteroatoms. The van der Waals surface area contributed by atoms with Gasteiger partial charge >= 0.3 is 0 Å². The summed E-state index contributed by atoms with van der Waals surface area (Å²) in [5, 5.41) is 3.45. The van der Waals surface area contributed by atoms with Crippen molar-refractivity contribution in [2.75, 3.05) is 11.9 Å². The molecule has 1 aromatic carbocycles. The first kappa shape index (κ1) is 12.8. The minimum atomic E-state index is 0.419. The van der Waals surface area contributed by atoms with Gasteiger partial charge in [0.15, 0.2) is 0 Å². The third-order valence-electron chi connectivity index (χ3n) is 4.60. The van der Waals surface area contributed by atoms with Crippen molar-refractivity contribution in [1.82, 2.24) is 0 Å². The van der Waals surface area contributed by atoms with Crippen LogP contribution in [0.25, 0.3) is 0 Å². The SMILES string of the molecule is CC1(C)CCC(Oc2ccc3c(c2)CCCN3)CC1. The van der Waals surface area contributed by atoms with E-state index in [2.05, 4.69) is 37.4 Å². The van der Waals surface area contributed by atoms with Gasteiger partial charge in [0.05, 0.1) is 6.10 Å². The van der Waals surface area contributed by atoms with E-state index in [-0.39, 0.29) is 0 Å². The maximum Gasteiger partial charge on any atom is 0.120 e. The normalized spacial score (nSPS) is 22.4. The molecule has 2 nitrogen and oxygen atoms in total. The van der Waals surface area contributed by atoms with E-state index in [0.29, 0.717) is 11.5 Å². The van der Waals surface area contributed by atoms with E-state index >= 15 is 0 Å². The van der Waals surface area contributed by atoms with Crippen LogP contribution < -0.4 is 10.1 Å². The molecule has 104 valence electrons. The molecule has 0 atom stereocenters. The molecular formula is C17H25NO. The van der Waals surface area contributed by atoms with Crippen molar-refractivity contribution in [2.24, 2.45) is 5.41 Å². The van der Waals surface area contributed by atoms with Crippen LogP contribution in [0.15, 0.2) is 18.2 Å². The maximum atomic E-state index is 6.19. The van der Waals surface area contributed by atoms with Gasteiger partial charge in [0, 0.05) is 12.2 Å². The molecule has 0 unspecified atom stereocenters. The van der Waals surface area contributed by atoms with Crippen molar-refractivity contribution in [2.45, 2.75) is 58.5 Å². The van der Waals surface area contributed by atoms with Crippen molar-refractivity contribution in [3.8, 4) is 5.75 Å². The molecule has 0 radical (unpaired) electrons. The molecule has 0 amide bonds. The van der Waals surface area contributed by atoms with Crippen LogP contribution in [-0.2, 0) is 6.42 Å². The molecule has 1 N–H and O–H groups in total. The van der Waals surface area contributed by atoms with Crippen LogP contribution >= 0.6 is 0 Å². The predicted molar refractivity (Wildman–Crippen MR) is 79.9 cm³/mol. The summed E-state index contributed by atoms with van der Waals surface area (Å²) < 4.78 is 6.19. The number of fused-ring (bicyclic) bond motifs is 1. The summed E-state index contributed by atoms with van der Waals surface area (Å²) in [7, 11) is 0. The lowest BCUT2D eigenvalue weighted by Gasteiger charge is -2.34. The Balaban J connectivity index is 1.64. The Kier molecular flexibility index (Phi) is 3.42. The molecule has 1 aromatic rings. The first-order valence-corrected chi connectivity index (χ1v) is 7.66.